The van der Waals surface area contributed by atoms with E-state index >= 15 is 0 Å². The number of carbonyl (C=O) groups is 3. The second-order valence-corrected chi connectivity index (χ2v) is 4.01. The third kappa shape index (κ3) is 4.04. The van der Waals surface area contributed by atoms with Crippen LogP contribution in [-0.2, 0) is 9.59 Å². The highest BCUT2D eigenvalue weighted by Gasteiger charge is 2.10. The molecule has 6 nitrogen and oxygen atoms in total. The third-order valence-electron chi connectivity index (χ3n) is 1.73. The number of rotatable bonds is 5. The van der Waals surface area contributed by atoms with Crippen molar-refractivity contribution in [1.29, 1.82) is 5.26 Å². The van der Waals surface area contributed by atoms with Gasteiger partial charge in [0.15, 0.2) is 0 Å². The van der Waals surface area contributed by atoms with Gasteiger partial charge in [0.05, 0.1) is 18.0 Å². The van der Waals surface area contributed by atoms with Gasteiger partial charge in [-0.2, -0.15) is 5.26 Å². The summed E-state index contributed by atoms with van der Waals surface area (Å²) >= 11 is 1.05. The van der Waals surface area contributed by atoms with Crippen molar-refractivity contribution >= 4 is 29.4 Å². The summed E-state index contributed by atoms with van der Waals surface area (Å²) in [5.74, 6) is -0.861. The molecule has 0 aliphatic heterocycles. The van der Waals surface area contributed by atoms with Crippen molar-refractivity contribution in [3.63, 3.8) is 0 Å². The zero-order valence-corrected chi connectivity index (χ0v) is 9.54. The molecule has 0 saturated carbocycles. The van der Waals surface area contributed by atoms with Crippen LogP contribution in [0.15, 0.2) is 12.1 Å². The van der Waals surface area contributed by atoms with Gasteiger partial charge in [0.1, 0.15) is 17.2 Å². The Balaban J connectivity index is 2.42. The molecule has 0 aliphatic carbocycles. The highest BCUT2D eigenvalue weighted by Crippen LogP contribution is 2.14. The smallest absolute Gasteiger partial charge is 0.261 e. The maximum absolute atomic E-state index is 11.5. The first-order valence-corrected chi connectivity index (χ1v) is 5.47. The number of thiophene rings is 1. The van der Waals surface area contributed by atoms with Gasteiger partial charge in [-0.05, 0) is 12.1 Å². The minimum absolute atomic E-state index is 0.0771. The molecule has 0 saturated heterocycles. The molecule has 0 aliphatic rings. The molecule has 0 aromatic carbocycles. The summed E-state index contributed by atoms with van der Waals surface area (Å²) < 4.78 is 0. The first-order chi connectivity index (χ1) is 8.17. The molecule has 0 bridgehead atoms. The Kier molecular flexibility index (Phi) is 4.84. The van der Waals surface area contributed by atoms with Crippen LogP contribution in [0, 0.1) is 11.3 Å². The predicted octanol–water partition coefficient (Wildman–Crippen LogP) is -0.335. The van der Waals surface area contributed by atoms with Crippen molar-refractivity contribution in [2.75, 3.05) is 13.1 Å². The molecule has 0 atom stereocenters. The topological polar surface area (TPSA) is 99.1 Å². The molecule has 1 aromatic rings. The lowest BCUT2D eigenvalue weighted by Gasteiger charge is -2.02. The number of amides is 2. The number of hydrogen-bond acceptors (Lipinski definition) is 5. The number of nitrogens with one attached hydrogen (secondary N) is 2. The number of aldehydes is 1. The molecule has 1 heterocycles. The van der Waals surface area contributed by atoms with Gasteiger partial charge < -0.3 is 15.4 Å². The van der Waals surface area contributed by atoms with Gasteiger partial charge in [-0.1, -0.05) is 0 Å². The zero-order chi connectivity index (χ0) is 12.7. The van der Waals surface area contributed by atoms with Gasteiger partial charge in [-0.3, -0.25) is 9.59 Å². The first-order valence-electron chi connectivity index (χ1n) is 4.66. The SMILES string of the molecule is N#Cc1ccc(C(=O)NCC(=O)NCC=O)s1. The highest BCUT2D eigenvalue weighted by atomic mass is 32.1. The van der Waals surface area contributed by atoms with Crippen LogP contribution >= 0.6 is 11.3 Å². The zero-order valence-electron chi connectivity index (χ0n) is 8.73. The van der Waals surface area contributed by atoms with Crippen LogP contribution in [0.2, 0.25) is 0 Å². The maximum Gasteiger partial charge on any atom is 0.261 e. The molecule has 0 spiro atoms. The Morgan fingerprint density at radius 3 is 2.76 bits per heavy atom. The minimum Gasteiger partial charge on any atom is -0.348 e. The monoisotopic (exact) mass is 251 g/mol. The Labute approximate surface area is 101 Å². The number of nitrogens with zero attached hydrogens (tertiary/aromatic N) is 1. The minimum atomic E-state index is -0.442. The molecule has 7 heteroatoms. The fourth-order valence-corrected chi connectivity index (χ4v) is 1.71. The average molecular weight is 251 g/mol. The molecule has 2 N–H and O–H groups in total. The van der Waals surface area contributed by atoms with E-state index in [1.54, 1.807) is 0 Å². The summed E-state index contributed by atoms with van der Waals surface area (Å²) in [5.41, 5.74) is 0. The number of nitriles is 1. The van der Waals surface area contributed by atoms with Crippen LogP contribution in [0.1, 0.15) is 14.5 Å². The fraction of sp³-hybridized carbons (Fsp3) is 0.200. The lowest BCUT2D eigenvalue weighted by molar-refractivity contribution is -0.121. The van der Waals surface area contributed by atoms with Crippen LogP contribution in [0.5, 0.6) is 0 Å². The molecule has 1 rings (SSSR count). The molecule has 1 aromatic heterocycles. The largest absolute Gasteiger partial charge is 0.348 e. The predicted molar refractivity (Wildman–Crippen MR) is 60.4 cm³/mol. The van der Waals surface area contributed by atoms with E-state index in [-0.39, 0.29) is 13.1 Å². The summed E-state index contributed by atoms with van der Waals surface area (Å²) in [7, 11) is 0. The Hall–Kier alpha value is -2.20. The lowest BCUT2D eigenvalue weighted by Crippen LogP contribution is -2.37. The Bertz CT molecular complexity index is 475. The fourth-order valence-electron chi connectivity index (χ4n) is 0.986. The van der Waals surface area contributed by atoms with Crippen molar-refractivity contribution in [3.05, 3.63) is 21.9 Å². The molecule has 0 fully saturated rings. The lowest BCUT2D eigenvalue weighted by atomic mass is 10.4. The van der Waals surface area contributed by atoms with Crippen LogP contribution in [0.25, 0.3) is 0 Å². The summed E-state index contributed by atoms with van der Waals surface area (Å²) in [4.78, 5) is 33.3. The van der Waals surface area contributed by atoms with Gasteiger partial charge in [0, 0.05) is 0 Å². The molecule has 0 unspecified atom stereocenters. The van der Waals surface area contributed by atoms with Crippen LogP contribution in [0.3, 0.4) is 0 Å². The normalized spacial score (nSPS) is 9.12. The Morgan fingerprint density at radius 1 is 1.41 bits per heavy atom. The second-order valence-electron chi connectivity index (χ2n) is 2.93. The van der Waals surface area contributed by atoms with E-state index in [1.165, 1.54) is 12.1 Å². The van der Waals surface area contributed by atoms with Crippen molar-refractivity contribution in [2.24, 2.45) is 0 Å². The van der Waals surface area contributed by atoms with Gasteiger partial charge in [0.2, 0.25) is 5.91 Å². The van der Waals surface area contributed by atoms with Crippen molar-refractivity contribution in [1.82, 2.24) is 10.6 Å². The molecule has 17 heavy (non-hydrogen) atoms. The van der Waals surface area contributed by atoms with Crippen molar-refractivity contribution < 1.29 is 14.4 Å². The van der Waals surface area contributed by atoms with Crippen LogP contribution in [0.4, 0.5) is 0 Å². The molecule has 2 amide bonds. The maximum atomic E-state index is 11.5. The van der Waals surface area contributed by atoms with Crippen LogP contribution < -0.4 is 10.6 Å². The first kappa shape index (κ1) is 12.9. The van der Waals surface area contributed by atoms with Gasteiger partial charge in [-0.15, -0.1) is 11.3 Å². The Morgan fingerprint density at radius 2 is 2.18 bits per heavy atom. The molecule has 88 valence electrons. The summed E-state index contributed by atoms with van der Waals surface area (Å²) in [5, 5.41) is 13.2. The average Bonchev–Trinajstić information content (AvgIpc) is 2.82. The van der Waals surface area contributed by atoms with Crippen LogP contribution in [-0.4, -0.2) is 31.2 Å². The van der Waals surface area contributed by atoms with E-state index < -0.39 is 11.8 Å². The van der Waals surface area contributed by atoms with E-state index in [0.29, 0.717) is 16.0 Å². The summed E-state index contributed by atoms with van der Waals surface area (Å²) in [6, 6.07) is 4.96. The molecular weight excluding hydrogens is 242 g/mol. The second kappa shape index (κ2) is 6.40. The standard InChI is InChI=1S/C10H9N3O3S/c11-5-7-1-2-8(17-7)10(16)13-6-9(15)12-3-4-14/h1-2,4H,3,6H2,(H,12,15)(H,13,16). The van der Waals surface area contributed by atoms with Gasteiger partial charge >= 0.3 is 0 Å². The third-order valence-corrected chi connectivity index (χ3v) is 2.72. The van der Waals surface area contributed by atoms with Gasteiger partial charge in [0.25, 0.3) is 5.91 Å². The summed E-state index contributed by atoms with van der Waals surface area (Å²) in [6.45, 7) is -0.279. The van der Waals surface area contributed by atoms with E-state index in [0.717, 1.165) is 11.3 Å². The van der Waals surface area contributed by atoms with Crippen molar-refractivity contribution in [2.45, 2.75) is 0 Å². The molecular formula is C10H9N3O3S. The van der Waals surface area contributed by atoms with Gasteiger partial charge in [-0.25, -0.2) is 0 Å². The van der Waals surface area contributed by atoms with E-state index in [4.69, 9.17) is 5.26 Å². The van der Waals surface area contributed by atoms with Crippen molar-refractivity contribution in [3.8, 4) is 6.07 Å². The van der Waals surface area contributed by atoms with E-state index in [2.05, 4.69) is 10.6 Å². The van der Waals surface area contributed by atoms with E-state index in [9.17, 15) is 14.4 Å². The van der Waals surface area contributed by atoms with E-state index in [1.807, 2.05) is 6.07 Å². The highest BCUT2D eigenvalue weighted by molar-refractivity contribution is 7.14. The quantitative estimate of drug-likeness (QED) is 0.699. The number of hydrogen-bond donors (Lipinski definition) is 2. The number of carbonyl (C=O) groups excluding carboxylic acids is 3. The summed E-state index contributed by atoms with van der Waals surface area (Å²) in [6.07, 6.45) is 0.554. The molecule has 0 radical (unpaired) electrons.